The molecule has 1 unspecified atom stereocenters. The third-order valence-corrected chi connectivity index (χ3v) is 6.19. The maximum absolute atomic E-state index is 12.6. The van der Waals surface area contributed by atoms with Crippen LogP contribution in [0.15, 0.2) is 36.0 Å². The number of nitriles is 2. The van der Waals surface area contributed by atoms with Gasteiger partial charge in [-0.2, -0.15) is 10.5 Å². The van der Waals surface area contributed by atoms with E-state index in [4.69, 9.17) is 5.26 Å². The Morgan fingerprint density at radius 1 is 1.29 bits per heavy atom. The Kier molecular flexibility index (Phi) is 7.16. The minimum absolute atomic E-state index is 0.00845. The van der Waals surface area contributed by atoms with Gasteiger partial charge in [-0.3, -0.25) is 4.79 Å². The van der Waals surface area contributed by atoms with Gasteiger partial charge < -0.3 is 15.1 Å². The lowest BCUT2D eigenvalue weighted by Gasteiger charge is -2.28. The van der Waals surface area contributed by atoms with Crippen LogP contribution in [0, 0.1) is 22.7 Å². The van der Waals surface area contributed by atoms with Crippen molar-refractivity contribution >= 4 is 21.4 Å². The molecule has 1 aliphatic heterocycles. The van der Waals surface area contributed by atoms with Crippen molar-refractivity contribution < 1.29 is 13.2 Å². The molecule has 1 aromatic carbocycles. The van der Waals surface area contributed by atoms with Crippen molar-refractivity contribution in [2.24, 2.45) is 0 Å². The highest BCUT2D eigenvalue weighted by atomic mass is 32.2. The van der Waals surface area contributed by atoms with Crippen molar-refractivity contribution in [3.63, 3.8) is 0 Å². The number of amides is 1. The highest BCUT2D eigenvalue weighted by Gasteiger charge is 2.31. The van der Waals surface area contributed by atoms with E-state index in [1.165, 1.54) is 6.20 Å². The van der Waals surface area contributed by atoms with Crippen molar-refractivity contribution in [3.8, 4) is 12.1 Å². The molecule has 0 radical (unpaired) electrons. The normalized spacial score (nSPS) is 18.3. The van der Waals surface area contributed by atoms with Crippen LogP contribution >= 0.6 is 0 Å². The summed E-state index contributed by atoms with van der Waals surface area (Å²) in [6.45, 7) is 1.13. The van der Waals surface area contributed by atoms with Crippen LogP contribution in [0.2, 0.25) is 0 Å². The molecule has 148 valence electrons. The molecule has 1 saturated heterocycles. The van der Waals surface area contributed by atoms with E-state index in [1.54, 1.807) is 29.2 Å². The summed E-state index contributed by atoms with van der Waals surface area (Å²) in [5, 5.41) is 21.2. The van der Waals surface area contributed by atoms with Crippen LogP contribution in [0.4, 0.5) is 5.69 Å². The van der Waals surface area contributed by atoms with Gasteiger partial charge in [0, 0.05) is 25.3 Å². The molecule has 0 saturated carbocycles. The predicted octanol–water partition coefficient (Wildman–Crippen LogP) is 0.955. The first-order chi connectivity index (χ1) is 13.3. The summed E-state index contributed by atoms with van der Waals surface area (Å²) < 4.78 is 23.7. The quantitative estimate of drug-likeness (QED) is 0.534. The molecule has 2 rings (SSSR count). The second-order valence-corrected chi connectivity index (χ2v) is 9.09. The number of para-hydroxylation sites is 1. The van der Waals surface area contributed by atoms with Crippen LogP contribution in [0.25, 0.3) is 0 Å². The number of benzene rings is 1. The molecule has 1 heterocycles. The van der Waals surface area contributed by atoms with Gasteiger partial charge in [0.2, 0.25) is 0 Å². The maximum atomic E-state index is 12.6. The highest BCUT2D eigenvalue weighted by Crippen LogP contribution is 2.20. The number of hydrogen-bond donors (Lipinski definition) is 1. The number of likely N-dealkylation sites (N-methyl/N-ethyl adjacent to an activating group) is 1. The number of anilines is 1. The van der Waals surface area contributed by atoms with Gasteiger partial charge in [0.1, 0.15) is 17.7 Å². The highest BCUT2D eigenvalue weighted by molar-refractivity contribution is 7.91. The third kappa shape index (κ3) is 5.81. The molecule has 1 N–H and O–H groups in total. The van der Waals surface area contributed by atoms with Crippen molar-refractivity contribution in [1.29, 1.82) is 10.5 Å². The fraction of sp³-hybridized carbons (Fsp3) is 0.421. The van der Waals surface area contributed by atoms with Crippen molar-refractivity contribution in [3.05, 3.63) is 41.6 Å². The Hall–Kier alpha value is -2.88. The van der Waals surface area contributed by atoms with Crippen LogP contribution in [0.5, 0.6) is 0 Å². The number of nitrogens with zero attached hydrogens (tertiary/aromatic N) is 4. The van der Waals surface area contributed by atoms with Gasteiger partial charge in [0.15, 0.2) is 9.84 Å². The molecular weight excluding hydrogens is 378 g/mol. The van der Waals surface area contributed by atoms with Crippen LogP contribution in [0.3, 0.4) is 0 Å². The molecule has 0 bridgehead atoms. The summed E-state index contributed by atoms with van der Waals surface area (Å²) in [6.07, 6.45) is 1.89. The van der Waals surface area contributed by atoms with E-state index in [0.717, 1.165) is 0 Å². The number of rotatable bonds is 7. The standard InChI is InChI=1S/C19H23N5O3S/c1-23(2)8-9-24(17-7-10-28(26,27)14-17)13-16(12-21)19(25)22-18-6-4-3-5-15(18)11-20/h3-6,13,17H,7-10,14H2,1-2H3,(H,22,25)/b16-13-. The SMILES string of the molecule is CN(C)CCN(/C=C(/C#N)C(=O)Nc1ccccc1C#N)C1CCS(=O)(=O)C1. The van der Waals surface area contributed by atoms with Gasteiger partial charge in [0.05, 0.1) is 22.8 Å². The average Bonchev–Trinajstić information content (AvgIpc) is 3.01. The Morgan fingerprint density at radius 3 is 2.57 bits per heavy atom. The third-order valence-electron chi connectivity index (χ3n) is 4.44. The summed E-state index contributed by atoms with van der Waals surface area (Å²) in [5.74, 6) is -0.525. The zero-order valence-electron chi connectivity index (χ0n) is 15.9. The largest absolute Gasteiger partial charge is 0.371 e. The minimum Gasteiger partial charge on any atom is -0.371 e. The number of nitrogens with one attached hydrogen (secondary N) is 1. The van der Waals surface area contributed by atoms with Gasteiger partial charge in [-0.1, -0.05) is 12.1 Å². The predicted molar refractivity (Wildman–Crippen MR) is 106 cm³/mol. The monoisotopic (exact) mass is 401 g/mol. The molecule has 1 fully saturated rings. The lowest BCUT2D eigenvalue weighted by atomic mass is 10.1. The molecule has 8 nitrogen and oxygen atoms in total. The zero-order valence-corrected chi connectivity index (χ0v) is 16.7. The van der Waals surface area contributed by atoms with E-state index in [0.29, 0.717) is 30.8 Å². The van der Waals surface area contributed by atoms with Gasteiger partial charge >= 0.3 is 0 Å². The Balaban J connectivity index is 2.24. The zero-order chi connectivity index (χ0) is 20.7. The summed E-state index contributed by atoms with van der Waals surface area (Å²) in [4.78, 5) is 16.3. The first-order valence-electron chi connectivity index (χ1n) is 8.79. The maximum Gasteiger partial charge on any atom is 0.267 e. The second-order valence-electron chi connectivity index (χ2n) is 6.86. The van der Waals surface area contributed by atoms with Crippen molar-refractivity contribution in [1.82, 2.24) is 9.80 Å². The van der Waals surface area contributed by atoms with E-state index < -0.39 is 15.7 Å². The molecule has 9 heteroatoms. The molecular formula is C19H23N5O3S. The van der Waals surface area contributed by atoms with Crippen LogP contribution in [-0.4, -0.2) is 68.9 Å². The van der Waals surface area contributed by atoms with Crippen LogP contribution in [-0.2, 0) is 14.6 Å². The fourth-order valence-electron chi connectivity index (χ4n) is 2.89. The smallest absolute Gasteiger partial charge is 0.267 e. The second kappa shape index (κ2) is 9.36. The van der Waals surface area contributed by atoms with E-state index in [1.807, 2.05) is 31.1 Å². The first kappa shape index (κ1) is 21.4. The topological polar surface area (TPSA) is 117 Å². The van der Waals surface area contributed by atoms with Crippen LogP contribution < -0.4 is 5.32 Å². The fourth-order valence-corrected chi connectivity index (χ4v) is 4.63. The van der Waals surface area contributed by atoms with Gasteiger partial charge in [-0.15, -0.1) is 0 Å². The Labute approximate surface area is 165 Å². The molecule has 0 spiro atoms. The summed E-state index contributed by atoms with van der Waals surface area (Å²) in [7, 11) is 0.682. The molecule has 1 amide bonds. The number of hydrogen-bond acceptors (Lipinski definition) is 7. The molecule has 1 aromatic rings. The van der Waals surface area contributed by atoms with Crippen LogP contribution in [0.1, 0.15) is 12.0 Å². The van der Waals surface area contributed by atoms with E-state index >= 15 is 0 Å². The van der Waals surface area contributed by atoms with Gasteiger partial charge in [0.25, 0.3) is 5.91 Å². The van der Waals surface area contributed by atoms with E-state index in [9.17, 15) is 18.5 Å². The minimum atomic E-state index is -3.10. The molecule has 28 heavy (non-hydrogen) atoms. The number of carbonyl (C=O) groups excluding carboxylic acids is 1. The summed E-state index contributed by atoms with van der Waals surface area (Å²) in [5.41, 5.74) is 0.467. The molecule has 1 atom stereocenters. The average molecular weight is 401 g/mol. The lowest BCUT2D eigenvalue weighted by molar-refractivity contribution is -0.112. The van der Waals surface area contributed by atoms with Gasteiger partial charge in [-0.25, -0.2) is 8.42 Å². The Morgan fingerprint density at radius 2 is 2.00 bits per heavy atom. The van der Waals surface area contributed by atoms with Crippen molar-refractivity contribution in [2.45, 2.75) is 12.5 Å². The van der Waals surface area contributed by atoms with E-state index in [-0.39, 0.29) is 23.1 Å². The Bertz CT molecular complexity index is 941. The molecule has 0 aliphatic carbocycles. The number of sulfone groups is 1. The first-order valence-corrected chi connectivity index (χ1v) is 10.6. The lowest BCUT2D eigenvalue weighted by Crippen LogP contribution is -2.37. The number of carbonyl (C=O) groups is 1. The van der Waals surface area contributed by atoms with E-state index in [2.05, 4.69) is 5.32 Å². The molecule has 0 aromatic heterocycles. The van der Waals surface area contributed by atoms with Gasteiger partial charge in [-0.05, 0) is 32.6 Å². The summed E-state index contributed by atoms with van der Waals surface area (Å²) >= 11 is 0. The van der Waals surface area contributed by atoms with Crippen molar-refractivity contribution in [2.75, 3.05) is 44.0 Å². The summed E-state index contributed by atoms with van der Waals surface area (Å²) in [6, 6.07) is 10.1. The molecule has 1 aliphatic rings.